The first kappa shape index (κ1) is 23.6. The average molecular weight is 458 g/mol. The molecule has 0 radical (unpaired) electrons. The van der Waals surface area contributed by atoms with E-state index in [0.29, 0.717) is 19.7 Å². The summed E-state index contributed by atoms with van der Waals surface area (Å²) in [5.74, 6) is 1.64. The molecule has 176 valence electrons. The number of tetrazole rings is 1. The van der Waals surface area contributed by atoms with Gasteiger partial charge in [0.2, 0.25) is 0 Å². The van der Waals surface area contributed by atoms with E-state index < -0.39 is 0 Å². The van der Waals surface area contributed by atoms with Crippen LogP contribution in [0.25, 0.3) is 0 Å². The zero-order valence-electron chi connectivity index (χ0n) is 20.0. The molecule has 0 saturated carbocycles. The van der Waals surface area contributed by atoms with Crippen LogP contribution < -0.4 is 4.74 Å². The number of methoxy groups -OCH3 is 2. The van der Waals surface area contributed by atoms with Gasteiger partial charge >= 0.3 is 0 Å². The third-order valence-electron chi connectivity index (χ3n) is 5.84. The largest absolute Gasteiger partial charge is 0.497 e. The van der Waals surface area contributed by atoms with Gasteiger partial charge in [0, 0.05) is 20.2 Å². The van der Waals surface area contributed by atoms with E-state index in [2.05, 4.69) is 88.0 Å². The zero-order valence-corrected chi connectivity index (χ0v) is 20.0. The maximum atomic E-state index is 5.35. The Bertz CT molecular complexity index is 1140. The minimum Gasteiger partial charge on any atom is -0.497 e. The summed E-state index contributed by atoms with van der Waals surface area (Å²) in [7, 11) is 3.37. The van der Waals surface area contributed by atoms with E-state index in [1.165, 1.54) is 16.7 Å². The third kappa shape index (κ3) is 5.87. The molecule has 7 heteroatoms. The molecule has 1 heterocycles. The summed E-state index contributed by atoms with van der Waals surface area (Å²) in [6.45, 7) is 4.68. The lowest BCUT2D eigenvalue weighted by Gasteiger charge is -2.31. The standard InChI is InChI=1S/C27H31N5O2/c1-21-9-13-24(14-10-21)26(27-28-29-30-32(27)17-18-33-2)31(19-22-7-5-4-6-8-22)20-23-11-15-25(34-3)16-12-23/h4-16,26H,17-20H2,1-3H3. The summed E-state index contributed by atoms with van der Waals surface area (Å²) >= 11 is 0. The van der Waals surface area contributed by atoms with Gasteiger partial charge in [-0.3, -0.25) is 4.90 Å². The van der Waals surface area contributed by atoms with Crippen LogP contribution in [0.15, 0.2) is 78.9 Å². The number of aryl methyl sites for hydroxylation is 1. The highest BCUT2D eigenvalue weighted by Crippen LogP contribution is 2.31. The number of nitrogens with zero attached hydrogens (tertiary/aromatic N) is 5. The van der Waals surface area contributed by atoms with Crippen molar-refractivity contribution in [2.45, 2.75) is 32.6 Å². The molecule has 1 atom stereocenters. The molecule has 0 spiro atoms. The van der Waals surface area contributed by atoms with E-state index in [1.807, 2.05) is 22.9 Å². The van der Waals surface area contributed by atoms with Crippen molar-refractivity contribution in [3.05, 3.63) is 107 Å². The molecule has 34 heavy (non-hydrogen) atoms. The molecule has 0 aliphatic heterocycles. The number of aromatic nitrogens is 4. The quantitative estimate of drug-likeness (QED) is 0.332. The van der Waals surface area contributed by atoms with Gasteiger partial charge in [0.15, 0.2) is 5.82 Å². The van der Waals surface area contributed by atoms with Gasteiger partial charge in [0.1, 0.15) is 5.75 Å². The second-order valence-corrected chi connectivity index (χ2v) is 8.30. The summed E-state index contributed by atoms with van der Waals surface area (Å²) in [5, 5.41) is 12.8. The van der Waals surface area contributed by atoms with Gasteiger partial charge in [-0.15, -0.1) is 5.10 Å². The summed E-state index contributed by atoms with van der Waals surface area (Å²) in [6.07, 6.45) is 0. The van der Waals surface area contributed by atoms with Crippen LogP contribution >= 0.6 is 0 Å². The minimum absolute atomic E-state index is 0.144. The fourth-order valence-electron chi connectivity index (χ4n) is 4.04. The third-order valence-corrected chi connectivity index (χ3v) is 5.84. The normalized spacial score (nSPS) is 12.1. The van der Waals surface area contributed by atoms with Crippen LogP contribution in [0.2, 0.25) is 0 Å². The zero-order chi connectivity index (χ0) is 23.8. The van der Waals surface area contributed by atoms with Gasteiger partial charge in [-0.25, -0.2) is 4.68 Å². The summed E-state index contributed by atoms with van der Waals surface area (Å²) in [4.78, 5) is 2.41. The average Bonchev–Trinajstić information content (AvgIpc) is 3.33. The highest BCUT2D eigenvalue weighted by Gasteiger charge is 2.28. The van der Waals surface area contributed by atoms with Gasteiger partial charge in [-0.2, -0.15) is 0 Å². The molecule has 0 aliphatic rings. The first-order valence-electron chi connectivity index (χ1n) is 11.4. The Hall–Kier alpha value is -3.55. The van der Waals surface area contributed by atoms with Gasteiger partial charge < -0.3 is 9.47 Å². The van der Waals surface area contributed by atoms with Crippen molar-refractivity contribution in [1.29, 1.82) is 0 Å². The van der Waals surface area contributed by atoms with Crippen LogP contribution in [-0.4, -0.2) is 45.9 Å². The van der Waals surface area contributed by atoms with Crippen LogP contribution in [0.5, 0.6) is 5.75 Å². The molecule has 3 aromatic carbocycles. The van der Waals surface area contributed by atoms with Gasteiger partial charge in [-0.1, -0.05) is 72.3 Å². The van der Waals surface area contributed by atoms with Crippen molar-refractivity contribution in [3.63, 3.8) is 0 Å². The molecule has 7 nitrogen and oxygen atoms in total. The molecule has 0 fully saturated rings. The Morgan fingerprint density at radius 3 is 2.18 bits per heavy atom. The van der Waals surface area contributed by atoms with Crippen LogP contribution in [0.3, 0.4) is 0 Å². The summed E-state index contributed by atoms with van der Waals surface area (Å²) < 4.78 is 12.5. The molecule has 0 N–H and O–H groups in total. The number of hydrogen-bond donors (Lipinski definition) is 0. The first-order chi connectivity index (χ1) is 16.7. The van der Waals surface area contributed by atoms with E-state index in [0.717, 1.165) is 23.7 Å². The van der Waals surface area contributed by atoms with Crippen LogP contribution in [0.4, 0.5) is 0 Å². The van der Waals surface area contributed by atoms with Crippen molar-refractivity contribution in [1.82, 2.24) is 25.1 Å². The predicted molar refractivity (Wildman–Crippen MR) is 131 cm³/mol. The maximum Gasteiger partial charge on any atom is 0.173 e. The van der Waals surface area contributed by atoms with Crippen molar-refractivity contribution in [2.24, 2.45) is 0 Å². The SMILES string of the molecule is COCCn1nnnc1C(c1ccc(C)cc1)N(Cc1ccccc1)Cc1ccc(OC)cc1. The molecular formula is C27H31N5O2. The van der Waals surface area contributed by atoms with Crippen LogP contribution in [-0.2, 0) is 24.4 Å². The van der Waals surface area contributed by atoms with Crippen LogP contribution in [0, 0.1) is 6.92 Å². The molecule has 4 rings (SSSR count). The van der Waals surface area contributed by atoms with E-state index in [1.54, 1.807) is 14.2 Å². The Morgan fingerprint density at radius 1 is 0.853 bits per heavy atom. The number of rotatable bonds is 11. The Balaban J connectivity index is 1.77. The van der Waals surface area contributed by atoms with Crippen molar-refractivity contribution in [3.8, 4) is 5.75 Å². The fourth-order valence-corrected chi connectivity index (χ4v) is 4.04. The lowest BCUT2D eigenvalue weighted by Crippen LogP contribution is -2.31. The number of ether oxygens (including phenoxy) is 2. The lowest BCUT2D eigenvalue weighted by molar-refractivity contribution is 0.169. The van der Waals surface area contributed by atoms with Crippen molar-refractivity contribution in [2.75, 3.05) is 20.8 Å². The molecule has 4 aromatic rings. The van der Waals surface area contributed by atoms with Crippen LogP contribution in [0.1, 0.15) is 34.1 Å². The van der Waals surface area contributed by atoms with E-state index in [9.17, 15) is 0 Å². The summed E-state index contributed by atoms with van der Waals surface area (Å²) in [6, 6.07) is 27.2. The van der Waals surface area contributed by atoms with Crippen molar-refractivity contribution >= 4 is 0 Å². The van der Waals surface area contributed by atoms with Gasteiger partial charge in [0.05, 0.1) is 26.3 Å². The second kappa shape index (κ2) is 11.5. The highest BCUT2D eigenvalue weighted by atomic mass is 16.5. The molecule has 1 aromatic heterocycles. The molecule has 1 unspecified atom stereocenters. The predicted octanol–water partition coefficient (Wildman–Crippen LogP) is 4.43. The van der Waals surface area contributed by atoms with Gasteiger partial charge in [-0.05, 0) is 46.2 Å². The maximum absolute atomic E-state index is 5.35. The Kier molecular flexibility index (Phi) is 8.01. The molecule has 0 bridgehead atoms. The summed E-state index contributed by atoms with van der Waals surface area (Å²) in [5.41, 5.74) is 4.77. The minimum atomic E-state index is -0.144. The monoisotopic (exact) mass is 457 g/mol. The van der Waals surface area contributed by atoms with Crippen molar-refractivity contribution < 1.29 is 9.47 Å². The van der Waals surface area contributed by atoms with E-state index >= 15 is 0 Å². The Labute approximate surface area is 200 Å². The van der Waals surface area contributed by atoms with E-state index in [-0.39, 0.29) is 6.04 Å². The lowest BCUT2D eigenvalue weighted by atomic mass is 10.0. The fraction of sp³-hybridized carbons (Fsp3) is 0.296. The van der Waals surface area contributed by atoms with E-state index in [4.69, 9.17) is 9.47 Å². The molecular weight excluding hydrogens is 426 g/mol. The number of hydrogen-bond acceptors (Lipinski definition) is 6. The Morgan fingerprint density at radius 2 is 1.53 bits per heavy atom. The second-order valence-electron chi connectivity index (χ2n) is 8.30. The molecule has 0 aliphatic carbocycles. The molecule has 0 saturated heterocycles. The first-order valence-corrected chi connectivity index (χ1v) is 11.4. The smallest absolute Gasteiger partial charge is 0.173 e. The topological polar surface area (TPSA) is 65.3 Å². The number of benzene rings is 3. The van der Waals surface area contributed by atoms with Gasteiger partial charge in [0.25, 0.3) is 0 Å². The molecule has 0 amide bonds. The highest BCUT2D eigenvalue weighted by molar-refractivity contribution is 5.31.